The molecule has 0 aromatic rings. The van der Waals surface area contributed by atoms with Gasteiger partial charge in [-0.2, -0.15) is 0 Å². The molecule has 0 aliphatic carbocycles. The summed E-state index contributed by atoms with van der Waals surface area (Å²) in [6.07, 6.45) is 4.15. The normalized spacial score (nSPS) is 35.3. The van der Waals surface area contributed by atoms with Crippen LogP contribution in [0, 0.1) is 5.92 Å². The average Bonchev–Trinajstić information content (AvgIpc) is 3.09. The maximum Gasteiger partial charge on any atom is 0.0594 e. The Morgan fingerprint density at radius 2 is 2.00 bits per heavy atom. The number of hydrogen-bond donors (Lipinski definition) is 1. The smallest absolute Gasteiger partial charge is 0.0594 e. The van der Waals surface area contributed by atoms with Gasteiger partial charge >= 0.3 is 0 Å². The van der Waals surface area contributed by atoms with Crippen molar-refractivity contribution in [2.45, 2.75) is 25.3 Å². The van der Waals surface area contributed by atoms with Crippen molar-refractivity contribution in [3.63, 3.8) is 0 Å². The highest BCUT2D eigenvalue weighted by molar-refractivity contribution is 4.85. The van der Waals surface area contributed by atoms with E-state index in [1.807, 2.05) is 0 Å². The predicted octanol–water partition coefficient (Wildman–Crippen LogP) is 0.393. The molecule has 4 nitrogen and oxygen atoms in total. The molecule has 3 aliphatic rings. The van der Waals surface area contributed by atoms with E-state index in [1.165, 1.54) is 52.0 Å². The Bertz CT molecular complexity index is 249. The molecule has 2 atom stereocenters. The number of nitrogens with zero attached hydrogens (tertiary/aromatic N) is 2. The standard InChI is InChI=1S/C14H27N3O/c1-4-15-11-13(1)2-5-16-6-3-14(12-16)17-7-9-18-10-8-17/h13-15H,1-12H2. The molecule has 0 spiro atoms. The Hall–Kier alpha value is -0.160. The van der Waals surface area contributed by atoms with Crippen molar-refractivity contribution in [3.8, 4) is 0 Å². The zero-order valence-electron chi connectivity index (χ0n) is 11.4. The first-order chi connectivity index (χ1) is 8.92. The summed E-state index contributed by atoms with van der Waals surface area (Å²) in [5, 5.41) is 3.47. The largest absolute Gasteiger partial charge is 0.379 e. The van der Waals surface area contributed by atoms with Gasteiger partial charge in [0.05, 0.1) is 13.2 Å². The van der Waals surface area contributed by atoms with Crippen LogP contribution in [0.25, 0.3) is 0 Å². The predicted molar refractivity (Wildman–Crippen MR) is 72.8 cm³/mol. The number of hydrogen-bond acceptors (Lipinski definition) is 4. The fourth-order valence-corrected chi connectivity index (χ4v) is 3.58. The third-order valence-corrected chi connectivity index (χ3v) is 4.83. The summed E-state index contributed by atoms with van der Waals surface area (Å²) in [7, 11) is 0. The van der Waals surface area contributed by atoms with Gasteiger partial charge in [-0.3, -0.25) is 4.90 Å². The number of rotatable bonds is 4. The van der Waals surface area contributed by atoms with Gasteiger partial charge in [-0.25, -0.2) is 0 Å². The molecule has 3 aliphatic heterocycles. The van der Waals surface area contributed by atoms with Crippen LogP contribution in [0.5, 0.6) is 0 Å². The fourth-order valence-electron chi connectivity index (χ4n) is 3.58. The van der Waals surface area contributed by atoms with Crippen LogP contribution in [0.15, 0.2) is 0 Å². The van der Waals surface area contributed by atoms with E-state index < -0.39 is 0 Å². The molecular weight excluding hydrogens is 226 g/mol. The third-order valence-electron chi connectivity index (χ3n) is 4.83. The second-order valence-corrected chi connectivity index (χ2v) is 6.04. The average molecular weight is 253 g/mol. The second kappa shape index (κ2) is 6.33. The summed E-state index contributed by atoms with van der Waals surface area (Å²) in [5.74, 6) is 0.937. The molecule has 3 saturated heterocycles. The van der Waals surface area contributed by atoms with E-state index in [0.717, 1.165) is 38.3 Å². The number of ether oxygens (including phenoxy) is 1. The molecule has 1 N–H and O–H groups in total. The van der Waals surface area contributed by atoms with Crippen molar-refractivity contribution in [2.24, 2.45) is 5.92 Å². The zero-order chi connectivity index (χ0) is 12.2. The molecule has 18 heavy (non-hydrogen) atoms. The van der Waals surface area contributed by atoms with Crippen LogP contribution < -0.4 is 5.32 Å². The first kappa shape index (κ1) is 12.9. The molecule has 104 valence electrons. The van der Waals surface area contributed by atoms with Crippen LogP contribution in [0.3, 0.4) is 0 Å². The van der Waals surface area contributed by atoms with Crippen molar-refractivity contribution >= 4 is 0 Å². The molecule has 0 aromatic heterocycles. The maximum atomic E-state index is 5.44. The van der Waals surface area contributed by atoms with E-state index in [0.29, 0.717) is 0 Å². The Morgan fingerprint density at radius 3 is 2.78 bits per heavy atom. The van der Waals surface area contributed by atoms with Crippen molar-refractivity contribution < 1.29 is 4.74 Å². The SMILES string of the molecule is C1CC(CCN2CCC(N3CCOCC3)C2)CN1. The van der Waals surface area contributed by atoms with Crippen LogP contribution in [0.2, 0.25) is 0 Å². The highest BCUT2D eigenvalue weighted by Crippen LogP contribution is 2.19. The zero-order valence-corrected chi connectivity index (χ0v) is 11.4. The van der Waals surface area contributed by atoms with Crippen molar-refractivity contribution in [3.05, 3.63) is 0 Å². The molecule has 0 saturated carbocycles. The van der Waals surface area contributed by atoms with E-state index in [9.17, 15) is 0 Å². The third kappa shape index (κ3) is 3.23. The summed E-state index contributed by atoms with van der Waals surface area (Å²) in [6.45, 7) is 10.6. The quantitative estimate of drug-likeness (QED) is 0.784. The van der Waals surface area contributed by atoms with Gasteiger partial charge in [0.25, 0.3) is 0 Å². The van der Waals surface area contributed by atoms with E-state index in [-0.39, 0.29) is 0 Å². The molecule has 0 aromatic carbocycles. The summed E-state index contributed by atoms with van der Waals surface area (Å²) < 4.78 is 5.44. The Labute approximate surface area is 111 Å². The van der Waals surface area contributed by atoms with Gasteiger partial charge in [0.2, 0.25) is 0 Å². The van der Waals surface area contributed by atoms with Crippen LogP contribution >= 0.6 is 0 Å². The molecule has 3 rings (SSSR count). The molecule has 3 heterocycles. The molecule has 4 heteroatoms. The van der Waals surface area contributed by atoms with Crippen molar-refractivity contribution in [1.29, 1.82) is 0 Å². The lowest BCUT2D eigenvalue weighted by molar-refractivity contribution is 0.0184. The lowest BCUT2D eigenvalue weighted by Crippen LogP contribution is -2.44. The van der Waals surface area contributed by atoms with Gasteiger partial charge in [-0.1, -0.05) is 0 Å². The molecule has 0 radical (unpaired) electrons. The number of morpholine rings is 1. The lowest BCUT2D eigenvalue weighted by Gasteiger charge is -2.32. The molecule has 2 unspecified atom stereocenters. The Morgan fingerprint density at radius 1 is 1.11 bits per heavy atom. The number of nitrogens with one attached hydrogen (secondary N) is 1. The topological polar surface area (TPSA) is 27.7 Å². The van der Waals surface area contributed by atoms with Gasteiger partial charge in [-0.15, -0.1) is 0 Å². The molecule has 3 fully saturated rings. The molecular formula is C14H27N3O. The van der Waals surface area contributed by atoms with E-state index in [4.69, 9.17) is 4.74 Å². The first-order valence-corrected chi connectivity index (χ1v) is 7.67. The van der Waals surface area contributed by atoms with Gasteiger partial charge in [0, 0.05) is 25.7 Å². The first-order valence-electron chi connectivity index (χ1n) is 7.67. The van der Waals surface area contributed by atoms with E-state index in [2.05, 4.69) is 15.1 Å². The summed E-state index contributed by atoms with van der Waals surface area (Å²) >= 11 is 0. The van der Waals surface area contributed by atoms with Gasteiger partial charge in [0.15, 0.2) is 0 Å². The van der Waals surface area contributed by atoms with Gasteiger partial charge in [-0.05, 0) is 51.4 Å². The monoisotopic (exact) mass is 253 g/mol. The minimum absolute atomic E-state index is 0.801. The lowest BCUT2D eigenvalue weighted by atomic mass is 10.1. The molecule has 0 bridgehead atoms. The highest BCUT2D eigenvalue weighted by Gasteiger charge is 2.28. The Balaban J connectivity index is 1.37. The highest BCUT2D eigenvalue weighted by atomic mass is 16.5. The van der Waals surface area contributed by atoms with E-state index >= 15 is 0 Å². The van der Waals surface area contributed by atoms with Gasteiger partial charge in [0.1, 0.15) is 0 Å². The van der Waals surface area contributed by atoms with Crippen molar-refractivity contribution in [1.82, 2.24) is 15.1 Å². The van der Waals surface area contributed by atoms with E-state index in [1.54, 1.807) is 0 Å². The minimum Gasteiger partial charge on any atom is -0.379 e. The summed E-state index contributed by atoms with van der Waals surface area (Å²) in [6, 6.07) is 0.801. The Kier molecular flexibility index (Phi) is 4.52. The van der Waals surface area contributed by atoms with Crippen molar-refractivity contribution in [2.75, 3.05) is 59.0 Å². The van der Waals surface area contributed by atoms with Crippen LogP contribution in [-0.4, -0.2) is 74.9 Å². The fraction of sp³-hybridized carbons (Fsp3) is 1.00. The van der Waals surface area contributed by atoms with Crippen LogP contribution in [0.1, 0.15) is 19.3 Å². The number of likely N-dealkylation sites (tertiary alicyclic amines) is 1. The van der Waals surface area contributed by atoms with Crippen LogP contribution in [-0.2, 0) is 4.74 Å². The second-order valence-electron chi connectivity index (χ2n) is 6.04. The summed E-state index contributed by atoms with van der Waals surface area (Å²) in [4.78, 5) is 5.32. The van der Waals surface area contributed by atoms with Crippen LogP contribution in [0.4, 0.5) is 0 Å². The van der Waals surface area contributed by atoms with Gasteiger partial charge < -0.3 is 15.0 Å². The molecule has 0 amide bonds. The maximum absolute atomic E-state index is 5.44. The summed E-state index contributed by atoms with van der Waals surface area (Å²) in [5.41, 5.74) is 0. The minimum atomic E-state index is 0.801.